The average Bonchev–Trinajstić information content (AvgIpc) is 3.22. The first kappa shape index (κ1) is 24.0. The third kappa shape index (κ3) is 4.50. The highest BCUT2D eigenvalue weighted by molar-refractivity contribution is 6.04. The van der Waals surface area contributed by atoms with Crippen molar-refractivity contribution >= 4 is 22.8 Å². The minimum atomic E-state index is -0.271. The van der Waals surface area contributed by atoms with Gasteiger partial charge in [-0.3, -0.25) is 4.79 Å². The lowest BCUT2D eigenvalue weighted by molar-refractivity contribution is 0.0908. The zero-order valence-electron chi connectivity index (χ0n) is 20.5. The van der Waals surface area contributed by atoms with Crippen LogP contribution in [0.3, 0.4) is 0 Å². The van der Waals surface area contributed by atoms with Crippen LogP contribution >= 0.6 is 0 Å². The maximum absolute atomic E-state index is 14.2. The summed E-state index contributed by atoms with van der Waals surface area (Å²) in [6.07, 6.45) is 2.62. The summed E-state index contributed by atoms with van der Waals surface area (Å²) >= 11 is 0. The second kappa shape index (κ2) is 9.85. The molecule has 0 radical (unpaired) electrons. The van der Waals surface area contributed by atoms with Gasteiger partial charge in [0.15, 0.2) is 5.78 Å². The van der Waals surface area contributed by atoms with E-state index in [0.717, 1.165) is 61.0 Å². The predicted octanol–water partition coefficient (Wildman–Crippen LogP) is 5.47. The summed E-state index contributed by atoms with van der Waals surface area (Å²) in [5.74, 6) is -0.372. The number of rotatable bonds is 6. The number of unbranched alkanes of at least 4 members (excludes halogenated alkanes) is 1. The van der Waals surface area contributed by atoms with Crippen molar-refractivity contribution in [3.05, 3.63) is 94.7 Å². The lowest BCUT2D eigenvalue weighted by Gasteiger charge is -2.45. The fraction of sp³-hybridized carbons (Fsp3) is 0.345. The van der Waals surface area contributed by atoms with Crippen LogP contribution in [0.1, 0.15) is 41.1 Å². The molecule has 0 aromatic heterocycles. The number of ketones is 1. The molecule has 2 atom stereocenters. The van der Waals surface area contributed by atoms with Crippen molar-refractivity contribution in [1.82, 2.24) is 9.91 Å². The first-order valence-electron chi connectivity index (χ1n) is 12.9. The Bertz CT molecular complexity index is 1300. The summed E-state index contributed by atoms with van der Waals surface area (Å²) in [6, 6.07) is 18.6. The standard InChI is InChI=1S/C29H29F2N4O2/c30-20-7-10-22(11-8-20)34-26-12-9-21(31)17-24(26)25-18-32(16-13-27(25)34)14-3-4-15-33-19-29(36)23-5-1-2-6-28(23)35(33)37/h1-2,5-12,17,25,27H,3-4,13-16,18-19H2/q-1. The molecule has 0 aliphatic carbocycles. The van der Waals surface area contributed by atoms with E-state index in [0.29, 0.717) is 17.8 Å². The molecule has 3 heterocycles. The number of Topliss-reactive ketones (excluding diaryl/α,β-unsaturated/α-hetero) is 1. The molecule has 37 heavy (non-hydrogen) atoms. The second-order valence-corrected chi connectivity index (χ2v) is 10.1. The number of anilines is 3. The highest BCUT2D eigenvalue weighted by Gasteiger charge is 2.42. The Kier molecular flexibility index (Phi) is 6.40. The molecular weight excluding hydrogens is 474 g/mol. The quantitative estimate of drug-likeness (QED) is 0.416. The lowest BCUT2D eigenvalue weighted by atomic mass is 9.89. The van der Waals surface area contributed by atoms with Crippen molar-refractivity contribution in [2.45, 2.75) is 31.2 Å². The summed E-state index contributed by atoms with van der Waals surface area (Å²) in [5.41, 5.74) is 3.83. The van der Waals surface area contributed by atoms with Gasteiger partial charge in [-0.15, -0.1) is 0 Å². The van der Waals surface area contributed by atoms with E-state index >= 15 is 0 Å². The molecule has 192 valence electrons. The topological polar surface area (TPSA) is 53.1 Å². The predicted molar refractivity (Wildman–Crippen MR) is 140 cm³/mol. The van der Waals surface area contributed by atoms with Gasteiger partial charge in [-0.2, -0.15) is 0 Å². The lowest BCUT2D eigenvalue weighted by Crippen LogP contribution is -2.47. The molecular formula is C29H29F2N4O2-. The minimum Gasteiger partial charge on any atom is -0.743 e. The van der Waals surface area contributed by atoms with Crippen molar-refractivity contribution in [3.8, 4) is 0 Å². The number of para-hydroxylation sites is 1. The Morgan fingerprint density at radius 1 is 0.892 bits per heavy atom. The Hall–Kier alpha value is -3.33. The largest absolute Gasteiger partial charge is 0.743 e. The van der Waals surface area contributed by atoms with E-state index in [1.807, 2.05) is 6.07 Å². The van der Waals surface area contributed by atoms with Gasteiger partial charge < -0.3 is 20.2 Å². The smallest absolute Gasteiger partial charge is 0.180 e. The second-order valence-electron chi connectivity index (χ2n) is 10.1. The molecule has 3 aromatic carbocycles. The van der Waals surface area contributed by atoms with E-state index in [1.165, 1.54) is 18.2 Å². The van der Waals surface area contributed by atoms with Crippen LogP contribution in [0, 0.1) is 16.8 Å². The molecule has 6 rings (SSSR count). The Balaban J connectivity index is 1.09. The van der Waals surface area contributed by atoms with Crippen molar-refractivity contribution < 1.29 is 13.6 Å². The molecule has 3 aliphatic rings. The molecule has 3 aromatic rings. The zero-order chi connectivity index (χ0) is 25.5. The van der Waals surface area contributed by atoms with Crippen molar-refractivity contribution in [1.29, 1.82) is 0 Å². The molecule has 2 unspecified atom stereocenters. The number of hydrogen-bond acceptors (Lipinski definition) is 6. The number of nitrogens with zero attached hydrogens (tertiary/aromatic N) is 4. The molecule has 1 fully saturated rings. The molecule has 8 heteroatoms. The van der Waals surface area contributed by atoms with Gasteiger partial charge in [0.25, 0.3) is 0 Å². The molecule has 0 bridgehead atoms. The van der Waals surface area contributed by atoms with Crippen LogP contribution in [-0.2, 0) is 0 Å². The summed E-state index contributed by atoms with van der Waals surface area (Å²) < 4.78 is 27.8. The molecule has 0 amide bonds. The van der Waals surface area contributed by atoms with Crippen LogP contribution in [0.4, 0.5) is 25.8 Å². The van der Waals surface area contributed by atoms with Crippen LogP contribution in [0.2, 0.25) is 0 Å². The Morgan fingerprint density at radius 3 is 2.49 bits per heavy atom. The molecule has 0 N–H and O–H groups in total. The van der Waals surface area contributed by atoms with Crippen LogP contribution in [0.25, 0.3) is 0 Å². The van der Waals surface area contributed by atoms with E-state index in [1.54, 1.807) is 47.5 Å². The fourth-order valence-electron chi connectivity index (χ4n) is 6.12. The fourth-order valence-corrected chi connectivity index (χ4v) is 6.12. The van der Waals surface area contributed by atoms with Gasteiger partial charge >= 0.3 is 0 Å². The molecule has 0 spiro atoms. The Labute approximate surface area is 215 Å². The SMILES string of the molecule is O=C1CN(CCCCN2CCC3C(C2)c2cc(F)ccc2N3c2ccc(F)cc2)N([O-])c2ccccc21. The normalized spacial score (nSPS) is 21.6. The number of benzene rings is 3. The zero-order valence-corrected chi connectivity index (χ0v) is 20.5. The number of piperidine rings is 1. The summed E-state index contributed by atoms with van der Waals surface area (Å²) in [6.45, 7) is 3.24. The van der Waals surface area contributed by atoms with Gasteiger partial charge in [-0.05, 0) is 86.0 Å². The molecule has 1 saturated heterocycles. The van der Waals surface area contributed by atoms with E-state index < -0.39 is 0 Å². The van der Waals surface area contributed by atoms with Crippen LogP contribution in [0.5, 0.6) is 0 Å². The van der Waals surface area contributed by atoms with Crippen molar-refractivity contribution in [3.63, 3.8) is 0 Å². The maximum Gasteiger partial charge on any atom is 0.180 e. The van der Waals surface area contributed by atoms with E-state index in [4.69, 9.17) is 0 Å². The van der Waals surface area contributed by atoms with Crippen LogP contribution < -0.4 is 10.1 Å². The minimum absolute atomic E-state index is 0.0254. The van der Waals surface area contributed by atoms with E-state index in [-0.39, 0.29) is 35.9 Å². The van der Waals surface area contributed by atoms with Crippen LogP contribution in [0.15, 0.2) is 66.7 Å². The number of halogens is 2. The first-order valence-corrected chi connectivity index (χ1v) is 12.9. The number of fused-ring (bicyclic) bond motifs is 4. The summed E-state index contributed by atoms with van der Waals surface area (Å²) in [4.78, 5) is 17.1. The van der Waals surface area contributed by atoms with E-state index in [9.17, 15) is 18.8 Å². The number of carbonyl (C=O) groups excluding carboxylic acids is 1. The monoisotopic (exact) mass is 503 g/mol. The number of hydrazine groups is 1. The van der Waals surface area contributed by atoms with Gasteiger partial charge in [-0.1, -0.05) is 12.1 Å². The molecule has 0 saturated carbocycles. The highest BCUT2D eigenvalue weighted by Crippen LogP contribution is 2.48. The first-order chi connectivity index (χ1) is 18.0. The van der Waals surface area contributed by atoms with Crippen molar-refractivity contribution in [2.75, 3.05) is 42.8 Å². The summed E-state index contributed by atoms with van der Waals surface area (Å²) in [5, 5.41) is 15.2. The van der Waals surface area contributed by atoms with Gasteiger partial charge in [0, 0.05) is 48.5 Å². The average molecular weight is 504 g/mol. The highest BCUT2D eigenvalue weighted by atomic mass is 19.1. The molecule has 6 nitrogen and oxygen atoms in total. The van der Waals surface area contributed by atoms with E-state index in [2.05, 4.69) is 9.80 Å². The number of likely N-dealkylation sites (tertiary alicyclic amines) is 1. The van der Waals surface area contributed by atoms with Crippen molar-refractivity contribution in [2.24, 2.45) is 0 Å². The molecule has 3 aliphatic heterocycles. The van der Waals surface area contributed by atoms with Gasteiger partial charge in [0.2, 0.25) is 0 Å². The Morgan fingerprint density at radius 2 is 1.65 bits per heavy atom. The van der Waals surface area contributed by atoms with Gasteiger partial charge in [0.05, 0.1) is 12.2 Å². The maximum atomic E-state index is 14.2. The van der Waals surface area contributed by atoms with Crippen LogP contribution in [-0.4, -0.2) is 54.5 Å². The third-order valence-corrected chi connectivity index (χ3v) is 7.88. The number of hydrogen-bond donors (Lipinski definition) is 0. The number of carbonyl (C=O) groups is 1. The van der Waals surface area contributed by atoms with Gasteiger partial charge in [-0.25, -0.2) is 13.8 Å². The summed E-state index contributed by atoms with van der Waals surface area (Å²) in [7, 11) is 0. The van der Waals surface area contributed by atoms with Gasteiger partial charge in [0.1, 0.15) is 11.6 Å². The third-order valence-electron chi connectivity index (χ3n) is 7.88.